The molecular formula is C17H23F3N2O2S. The molecule has 0 fully saturated rings. The van der Waals surface area contributed by atoms with Crippen molar-refractivity contribution in [3.05, 3.63) is 24.3 Å². The van der Waals surface area contributed by atoms with E-state index < -0.39 is 17.6 Å². The highest BCUT2D eigenvalue weighted by Gasteiger charge is 2.29. The van der Waals surface area contributed by atoms with Crippen molar-refractivity contribution in [2.75, 3.05) is 5.32 Å². The first-order valence-electron chi connectivity index (χ1n) is 7.95. The number of anilines is 1. The number of carbonyl (C=O) groups excluding carboxylic acids is 2. The molecule has 1 aromatic rings. The second kappa shape index (κ2) is 9.12. The lowest BCUT2D eigenvalue weighted by Crippen LogP contribution is -2.45. The lowest BCUT2D eigenvalue weighted by molar-refractivity contribution is -0.124. The molecular weight excluding hydrogens is 353 g/mol. The van der Waals surface area contributed by atoms with E-state index in [0.29, 0.717) is 12.1 Å². The maximum atomic E-state index is 12.3. The standard InChI is InChI=1S/C17H23F3N2O2S/c1-10(2)9-14(15(23)11(3)4)22-16(24)21-12-5-7-13(8-6-12)25-17(18,19)20/h5-8,10-11,14H,9H2,1-4H3,(H2,21,22,24). The van der Waals surface area contributed by atoms with Gasteiger partial charge in [-0.2, -0.15) is 13.2 Å². The second-order valence-electron chi connectivity index (χ2n) is 6.41. The molecule has 8 heteroatoms. The van der Waals surface area contributed by atoms with Gasteiger partial charge >= 0.3 is 11.5 Å². The highest BCUT2D eigenvalue weighted by molar-refractivity contribution is 8.00. The number of urea groups is 1. The van der Waals surface area contributed by atoms with E-state index in [1.54, 1.807) is 13.8 Å². The van der Waals surface area contributed by atoms with Crippen molar-refractivity contribution in [2.45, 2.75) is 50.6 Å². The van der Waals surface area contributed by atoms with Crippen LogP contribution in [0.2, 0.25) is 0 Å². The fraction of sp³-hybridized carbons (Fsp3) is 0.529. The lowest BCUT2D eigenvalue weighted by Gasteiger charge is -2.21. The molecule has 2 N–H and O–H groups in total. The summed E-state index contributed by atoms with van der Waals surface area (Å²) in [6.45, 7) is 7.45. The average molecular weight is 376 g/mol. The van der Waals surface area contributed by atoms with Crippen molar-refractivity contribution in [1.82, 2.24) is 5.32 Å². The van der Waals surface area contributed by atoms with Crippen LogP contribution < -0.4 is 10.6 Å². The van der Waals surface area contributed by atoms with Crippen LogP contribution in [-0.2, 0) is 4.79 Å². The zero-order chi connectivity index (χ0) is 19.2. The van der Waals surface area contributed by atoms with E-state index in [9.17, 15) is 22.8 Å². The van der Waals surface area contributed by atoms with Crippen molar-refractivity contribution in [1.29, 1.82) is 0 Å². The molecule has 140 valence electrons. The number of Topliss-reactive ketones (excluding diaryl/α,β-unsaturated/α-hetero) is 1. The monoisotopic (exact) mass is 376 g/mol. The summed E-state index contributed by atoms with van der Waals surface area (Å²) >= 11 is -0.220. The fourth-order valence-corrected chi connectivity index (χ4v) is 2.72. The Balaban J connectivity index is 2.68. The molecule has 0 aliphatic carbocycles. The van der Waals surface area contributed by atoms with Crippen LogP contribution in [0.4, 0.5) is 23.7 Å². The molecule has 2 amide bonds. The van der Waals surface area contributed by atoms with Gasteiger partial charge in [0.1, 0.15) is 0 Å². The Labute approximate surface area is 149 Å². The summed E-state index contributed by atoms with van der Waals surface area (Å²) in [5.41, 5.74) is -4.00. The van der Waals surface area contributed by atoms with E-state index in [2.05, 4.69) is 10.6 Å². The third-order valence-electron chi connectivity index (χ3n) is 3.27. The van der Waals surface area contributed by atoms with Crippen LogP contribution in [0.15, 0.2) is 29.2 Å². The van der Waals surface area contributed by atoms with Crippen molar-refractivity contribution in [3.63, 3.8) is 0 Å². The Hall–Kier alpha value is -1.70. The molecule has 4 nitrogen and oxygen atoms in total. The number of rotatable bonds is 7. The number of benzene rings is 1. The van der Waals surface area contributed by atoms with Crippen LogP contribution in [0.1, 0.15) is 34.1 Å². The minimum atomic E-state index is -4.35. The average Bonchev–Trinajstić information content (AvgIpc) is 2.45. The summed E-state index contributed by atoms with van der Waals surface area (Å²) in [5, 5.41) is 5.18. The van der Waals surface area contributed by atoms with Gasteiger partial charge in [-0.15, -0.1) is 0 Å². The number of alkyl halides is 3. The Bertz CT molecular complexity index is 587. The number of amides is 2. The van der Waals surface area contributed by atoms with Crippen LogP contribution in [0.25, 0.3) is 0 Å². The van der Waals surface area contributed by atoms with E-state index in [-0.39, 0.29) is 34.3 Å². The van der Waals surface area contributed by atoms with Gasteiger partial charge in [0.2, 0.25) is 0 Å². The Morgan fingerprint density at radius 2 is 1.64 bits per heavy atom. The molecule has 1 aromatic carbocycles. The van der Waals surface area contributed by atoms with Gasteiger partial charge in [0.05, 0.1) is 6.04 Å². The Morgan fingerprint density at radius 3 is 2.08 bits per heavy atom. The number of hydrogen-bond donors (Lipinski definition) is 2. The van der Waals surface area contributed by atoms with E-state index in [1.165, 1.54) is 24.3 Å². The Kier molecular flexibility index (Phi) is 7.79. The summed E-state index contributed by atoms with van der Waals surface area (Å²) in [7, 11) is 0. The minimum absolute atomic E-state index is 0.0335. The maximum Gasteiger partial charge on any atom is 0.446 e. The molecule has 1 unspecified atom stereocenters. The van der Waals surface area contributed by atoms with Gasteiger partial charge in [-0.3, -0.25) is 4.79 Å². The number of carbonyl (C=O) groups is 2. The summed E-state index contributed by atoms with van der Waals surface area (Å²) in [6.07, 6.45) is 0.519. The zero-order valence-electron chi connectivity index (χ0n) is 14.6. The maximum absolute atomic E-state index is 12.3. The second-order valence-corrected chi connectivity index (χ2v) is 7.55. The molecule has 0 heterocycles. The van der Waals surface area contributed by atoms with Gasteiger partial charge in [0, 0.05) is 16.5 Å². The third-order valence-corrected chi connectivity index (χ3v) is 4.01. The van der Waals surface area contributed by atoms with E-state index in [4.69, 9.17) is 0 Å². The smallest absolute Gasteiger partial charge is 0.328 e. The molecule has 0 spiro atoms. The SMILES string of the molecule is CC(C)CC(NC(=O)Nc1ccc(SC(F)(F)F)cc1)C(=O)C(C)C. The summed E-state index contributed by atoms with van der Waals surface area (Å²) < 4.78 is 36.9. The molecule has 0 aromatic heterocycles. The van der Waals surface area contributed by atoms with Crippen LogP contribution in [0.5, 0.6) is 0 Å². The molecule has 0 radical (unpaired) electrons. The van der Waals surface area contributed by atoms with Gasteiger partial charge in [-0.05, 0) is 48.4 Å². The highest BCUT2D eigenvalue weighted by Crippen LogP contribution is 2.37. The number of ketones is 1. The van der Waals surface area contributed by atoms with Gasteiger partial charge in [-0.25, -0.2) is 4.79 Å². The van der Waals surface area contributed by atoms with Gasteiger partial charge < -0.3 is 10.6 Å². The van der Waals surface area contributed by atoms with E-state index >= 15 is 0 Å². The van der Waals surface area contributed by atoms with Gasteiger partial charge in [-0.1, -0.05) is 27.7 Å². The topological polar surface area (TPSA) is 58.2 Å². The first kappa shape index (κ1) is 21.3. The first-order valence-corrected chi connectivity index (χ1v) is 8.76. The molecule has 0 saturated heterocycles. The quantitative estimate of drug-likeness (QED) is 0.654. The lowest BCUT2D eigenvalue weighted by atomic mass is 9.94. The third kappa shape index (κ3) is 8.29. The molecule has 0 bridgehead atoms. The first-order chi connectivity index (χ1) is 11.5. The normalized spacial score (nSPS) is 13.0. The van der Waals surface area contributed by atoms with Crippen molar-refractivity contribution >= 4 is 29.3 Å². The molecule has 25 heavy (non-hydrogen) atoms. The number of nitrogens with one attached hydrogen (secondary N) is 2. The van der Waals surface area contributed by atoms with Crippen molar-refractivity contribution in [3.8, 4) is 0 Å². The van der Waals surface area contributed by atoms with E-state index in [1.807, 2.05) is 13.8 Å². The predicted molar refractivity (Wildman–Crippen MR) is 93.6 cm³/mol. The fourth-order valence-electron chi connectivity index (χ4n) is 2.19. The summed E-state index contributed by atoms with van der Waals surface area (Å²) in [5.74, 6) is -0.0322. The molecule has 1 rings (SSSR count). The minimum Gasteiger partial charge on any atom is -0.328 e. The molecule has 1 atom stereocenters. The molecule has 0 aliphatic heterocycles. The number of halogens is 3. The molecule has 0 saturated carbocycles. The highest BCUT2D eigenvalue weighted by atomic mass is 32.2. The van der Waals surface area contributed by atoms with E-state index in [0.717, 1.165) is 0 Å². The van der Waals surface area contributed by atoms with Crippen molar-refractivity contribution < 1.29 is 22.8 Å². The van der Waals surface area contributed by atoms with Gasteiger partial charge in [0.25, 0.3) is 0 Å². The zero-order valence-corrected chi connectivity index (χ0v) is 15.4. The van der Waals surface area contributed by atoms with Crippen molar-refractivity contribution in [2.24, 2.45) is 11.8 Å². The molecule has 0 aliphatic rings. The summed E-state index contributed by atoms with van der Waals surface area (Å²) in [6, 6.07) is 4.16. The Morgan fingerprint density at radius 1 is 1.08 bits per heavy atom. The van der Waals surface area contributed by atoms with Crippen LogP contribution >= 0.6 is 11.8 Å². The summed E-state index contributed by atoms with van der Waals surface area (Å²) in [4.78, 5) is 24.3. The van der Waals surface area contributed by atoms with Crippen LogP contribution in [-0.4, -0.2) is 23.4 Å². The largest absolute Gasteiger partial charge is 0.446 e. The predicted octanol–water partition coefficient (Wildman–Crippen LogP) is 5.06. The van der Waals surface area contributed by atoms with Gasteiger partial charge in [0.15, 0.2) is 5.78 Å². The number of thioether (sulfide) groups is 1. The van der Waals surface area contributed by atoms with Crippen LogP contribution in [0, 0.1) is 11.8 Å². The number of hydrogen-bond acceptors (Lipinski definition) is 3. The van der Waals surface area contributed by atoms with Crippen LogP contribution in [0.3, 0.4) is 0 Å².